The largest absolute Gasteiger partial charge is 0.497 e. The lowest BCUT2D eigenvalue weighted by Gasteiger charge is -2.35. The molecule has 2 rings (SSSR count). The van der Waals surface area contributed by atoms with E-state index >= 15 is 0 Å². The highest BCUT2D eigenvalue weighted by atomic mass is 35.5. The van der Waals surface area contributed by atoms with Crippen molar-refractivity contribution < 1.29 is 29.0 Å². The first-order chi connectivity index (χ1) is 14.8. The molecule has 2 N–H and O–H groups in total. The number of amides is 1. The van der Waals surface area contributed by atoms with Crippen LogP contribution in [0.1, 0.15) is 25.8 Å². The van der Waals surface area contributed by atoms with Gasteiger partial charge in [0.05, 0.1) is 19.8 Å². The average Bonchev–Trinajstić information content (AvgIpc) is 2.76. The third-order valence-electron chi connectivity index (χ3n) is 5.05. The number of benzene rings is 1. The Kier molecular flexibility index (Phi) is 9.93. The van der Waals surface area contributed by atoms with Crippen LogP contribution < -0.4 is 10.1 Å². The number of nitrogens with zero attached hydrogens (tertiary/aromatic N) is 1. The van der Waals surface area contributed by atoms with Gasteiger partial charge in [0, 0.05) is 23.1 Å². The molecule has 0 aliphatic carbocycles. The van der Waals surface area contributed by atoms with Gasteiger partial charge >= 0.3 is 11.9 Å². The Hall–Kier alpha value is -1.97. The molecule has 0 aromatic heterocycles. The van der Waals surface area contributed by atoms with Crippen molar-refractivity contribution in [2.45, 2.75) is 44.8 Å². The van der Waals surface area contributed by atoms with Gasteiger partial charge in [0.2, 0.25) is 5.91 Å². The van der Waals surface area contributed by atoms with E-state index in [1.807, 2.05) is 6.07 Å². The summed E-state index contributed by atoms with van der Waals surface area (Å²) in [4.78, 5) is 38.3. The van der Waals surface area contributed by atoms with E-state index in [0.717, 1.165) is 5.56 Å². The molecule has 2 unspecified atom stereocenters. The molecule has 1 aromatic carbocycles. The van der Waals surface area contributed by atoms with Crippen molar-refractivity contribution in [3.63, 3.8) is 0 Å². The van der Waals surface area contributed by atoms with Crippen molar-refractivity contribution >= 4 is 41.2 Å². The van der Waals surface area contributed by atoms with Gasteiger partial charge in [-0.25, -0.2) is 4.79 Å². The van der Waals surface area contributed by atoms with Crippen molar-refractivity contribution in [1.82, 2.24) is 10.2 Å². The van der Waals surface area contributed by atoms with Crippen molar-refractivity contribution in [2.24, 2.45) is 0 Å². The lowest BCUT2D eigenvalue weighted by Crippen LogP contribution is -2.57. The number of rotatable bonds is 10. The molecule has 31 heavy (non-hydrogen) atoms. The Morgan fingerprint density at radius 3 is 2.74 bits per heavy atom. The summed E-state index contributed by atoms with van der Waals surface area (Å²) >= 11 is 7.81. The van der Waals surface area contributed by atoms with E-state index in [0.29, 0.717) is 41.7 Å². The number of halogens is 1. The van der Waals surface area contributed by atoms with Crippen LogP contribution in [0.2, 0.25) is 5.02 Å². The second-order valence-corrected chi connectivity index (χ2v) is 8.71. The van der Waals surface area contributed by atoms with Crippen LogP contribution in [0.15, 0.2) is 18.2 Å². The zero-order valence-corrected chi connectivity index (χ0v) is 19.5. The molecule has 0 spiro atoms. The van der Waals surface area contributed by atoms with E-state index in [2.05, 4.69) is 5.32 Å². The van der Waals surface area contributed by atoms with Gasteiger partial charge in [-0.15, -0.1) is 0 Å². The Labute approximate surface area is 191 Å². The number of carboxylic acids is 1. The molecule has 1 saturated heterocycles. The van der Waals surface area contributed by atoms with Crippen LogP contribution in [0.5, 0.6) is 5.75 Å². The topological polar surface area (TPSA) is 105 Å². The fourth-order valence-corrected chi connectivity index (χ4v) is 4.67. The van der Waals surface area contributed by atoms with Crippen molar-refractivity contribution in [3.05, 3.63) is 28.8 Å². The molecule has 172 valence electrons. The van der Waals surface area contributed by atoms with E-state index in [-0.39, 0.29) is 12.5 Å². The fourth-order valence-electron chi connectivity index (χ4n) is 3.36. The molecular weight excluding hydrogens is 444 g/mol. The molecule has 8 nitrogen and oxygen atoms in total. The smallest absolute Gasteiger partial charge is 0.327 e. The number of carboxylic acid groups (broad SMARTS) is 1. The molecule has 1 aliphatic heterocycles. The third-order valence-corrected chi connectivity index (χ3v) is 6.43. The standard InChI is InChI=1S/C21H29ClN2O6S/c1-4-30-21(28)17(8-6-14-5-7-15(29-3)11-16(14)22)23-13(2)19(25)24-9-10-31-12-18(24)20(26)27/h5,7,11,13,17-18,23H,4,6,8-10,12H2,1-3H3,(H,26,27)/t13-,17?,18?/m0/s1. The summed E-state index contributed by atoms with van der Waals surface area (Å²) in [5.41, 5.74) is 0.844. The maximum absolute atomic E-state index is 12.9. The zero-order valence-electron chi connectivity index (χ0n) is 17.9. The molecule has 10 heteroatoms. The number of ether oxygens (including phenoxy) is 2. The summed E-state index contributed by atoms with van der Waals surface area (Å²) in [6, 6.07) is 2.98. The minimum absolute atomic E-state index is 0.215. The quantitative estimate of drug-likeness (QED) is 0.499. The van der Waals surface area contributed by atoms with Crippen LogP contribution in [-0.2, 0) is 25.5 Å². The van der Waals surface area contributed by atoms with E-state index in [4.69, 9.17) is 21.1 Å². The maximum atomic E-state index is 12.9. The van der Waals surface area contributed by atoms with Crippen LogP contribution in [0, 0.1) is 0 Å². The maximum Gasteiger partial charge on any atom is 0.327 e. The fraction of sp³-hybridized carbons (Fsp3) is 0.571. The van der Waals surface area contributed by atoms with Gasteiger partial charge in [-0.2, -0.15) is 11.8 Å². The SMILES string of the molecule is CCOC(=O)C(CCc1ccc(OC)cc1Cl)N[C@@H](C)C(=O)N1CCSCC1C(=O)O. The number of methoxy groups -OCH3 is 1. The second kappa shape index (κ2) is 12.2. The first-order valence-corrected chi connectivity index (χ1v) is 11.7. The van der Waals surface area contributed by atoms with Gasteiger partial charge in [-0.1, -0.05) is 17.7 Å². The van der Waals surface area contributed by atoms with Crippen LogP contribution in [0.25, 0.3) is 0 Å². The predicted molar refractivity (Wildman–Crippen MR) is 120 cm³/mol. The van der Waals surface area contributed by atoms with E-state index in [1.54, 1.807) is 33.1 Å². The number of hydrogen-bond acceptors (Lipinski definition) is 7. The van der Waals surface area contributed by atoms with Gasteiger partial charge in [0.15, 0.2) is 0 Å². The van der Waals surface area contributed by atoms with Gasteiger partial charge in [-0.05, 0) is 44.4 Å². The van der Waals surface area contributed by atoms with E-state index in [1.165, 1.54) is 16.7 Å². The number of carbonyl (C=O) groups is 3. The lowest BCUT2D eigenvalue weighted by atomic mass is 10.0. The van der Waals surface area contributed by atoms with Crippen LogP contribution >= 0.6 is 23.4 Å². The zero-order chi connectivity index (χ0) is 23.0. The third kappa shape index (κ3) is 7.02. The number of carbonyl (C=O) groups excluding carboxylic acids is 2. The Morgan fingerprint density at radius 1 is 1.39 bits per heavy atom. The summed E-state index contributed by atoms with van der Waals surface area (Å²) in [6.07, 6.45) is 0.846. The highest BCUT2D eigenvalue weighted by Crippen LogP contribution is 2.24. The van der Waals surface area contributed by atoms with Crippen molar-refractivity contribution in [3.8, 4) is 5.75 Å². The number of nitrogens with one attached hydrogen (secondary N) is 1. The number of thioether (sulfide) groups is 1. The van der Waals surface area contributed by atoms with Crippen molar-refractivity contribution in [2.75, 3.05) is 31.8 Å². The van der Waals surface area contributed by atoms with E-state index in [9.17, 15) is 19.5 Å². The van der Waals surface area contributed by atoms with Crippen LogP contribution in [0.3, 0.4) is 0 Å². The summed E-state index contributed by atoms with van der Waals surface area (Å²) in [6.45, 7) is 3.92. The summed E-state index contributed by atoms with van der Waals surface area (Å²) in [5.74, 6) is -0.158. The Balaban J connectivity index is 2.08. The normalized spacial score (nSPS) is 18.2. The average molecular weight is 473 g/mol. The molecule has 1 fully saturated rings. The molecule has 3 atom stereocenters. The summed E-state index contributed by atoms with van der Waals surface area (Å²) in [7, 11) is 1.56. The van der Waals surface area contributed by atoms with Gasteiger partial charge < -0.3 is 19.5 Å². The molecule has 1 amide bonds. The number of esters is 1. The van der Waals surface area contributed by atoms with Gasteiger partial charge in [0.25, 0.3) is 0 Å². The summed E-state index contributed by atoms with van der Waals surface area (Å²) in [5, 5.41) is 13.0. The first-order valence-electron chi connectivity index (χ1n) is 10.1. The van der Waals surface area contributed by atoms with Gasteiger partial charge in [0.1, 0.15) is 17.8 Å². The monoisotopic (exact) mass is 472 g/mol. The predicted octanol–water partition coefficient (Wildman–Crippen LogP) is 2.22. The highest BCUT2D eigenvalue weighted by molar-refractivity contribution is 7.99. The molecular formula is C21H29ClN2O6S. The second-order valence-electron chi connectivity index (χ2n) is 7.15. The molecule has 1 aromatic rings. The molecule has 1 heterocycles. The molecule has 0 bridgehead atoms. The van der Waals surface area contributed by atoms with Crippen LogP contribution in [0.4, 0.5) is 0 Å². The molecule has 1 aliphatic rings. The molecule has 0 saturated carbocycles. The number of hydrogen-bond donors (Lipinski definition) is 2. The number of aliphatic carboxylic acids is 1. The number of aryl methyl sites for hydroxylation is 1. The van der Waals surface area contributed by atoms with Crippen molar-refractivity contribution in [1.29, 1.82) is 0 Å². The Bertz CT molecular complexity index is 793. The van der Waals surface area contributed by atoms with Gasteiger partial charge in [-0.3, -0.25) is 14.9 Å². The minimum atomic E-state index is -1.02. The Morgan fingerprint density at radius 2 is 2.13 bits per heavy atom. The van der Waals surface area contributed by atoms with Crippen LogP contribution in [-0.4, -0.2) is 77.7 Å². The summed E-state index contributed by atoms with van der Waals surface area (Å²) < 4.78 is 10.3. The minimum Gasteiger partial charge on any atom is -0.497 e. The van der Waals surface area contributed by atoms with E-state index < -0.39 is 30.1 Å². The lowest BCUT2D eigenvalue weighted by molar-refractivity contribution is -0.151. The molecule has 0 radical (unpaired) electrons. The first kappa shape index (κ1) is 25.3. The highest BCUT2D eigenvalue weighted by Gasteiger charge is 2.35.